The Morgan fingerprint density at radius 2 is 2.09 bits per heavy atom. The van der Waals surface area contributed by atoms with E-state index in [1.54, 1.807) is 0 Å². The van der Waals surface area contributed by atoms with E-state index in [1.165, 1.54) is 18.2 Å². The number of carbonyl (C=O) groups is 1. The lowest BCUT2D eigenvalue weighted by molar-refractivity contribution is -0.384. The monoisotopic (exact) mass is 327 g/mol. The number of benzene rings is 2. The predicted molar refractivity (Wildman–Crippen MR) is 91.1 cm³/mol. The first-order chi connectivity index (χ1) is 11.0. The third-order valence-corrected chi connectivity index (χ3v) is 3.84. The molecule has 23 heavy (non-hydrogen) atoms. The average molecular weight is 327 g/mol. The summed E-state index contributed by atoms with van der Waals surface area (Å²) in [6.07, 6.45) is 0. The molecule has 0 aliphatic heterocycles. The molecule has 1 aromatic heterocycles. The summed E-state index contributed by atoms with van der Waals surface area (Å²) in [5.74, 6) is 0.207. The van der Waals surface area contributed by atoms with Gasteiger partial charge >= 0.3 is 0 Å². The Hall–Kier alpha value is -2.67. The van der Waals surface area contributed by atoms with Gasteiger partial charge in [-0.25, -0.2) is 4.98 Å². The summed E-state index contributed by atoms with van der Waals surface area (Å²) in [5.41, 5.74) is 3.12. The van der Waals surface area contributed by atoms with Crippen LogP contribution in [-0.2, 0) is 0 Å². The van der Waals surface area contributed by atoms with Gasteiger partial charge in [0.15, 0.2) is 5.78 Å². The van der Waals surface area contributed by atoms with Gasteiger partial charge in [-0.05, 0) is 36.8 Å². The molecule has 0 amide bonds. The Kier molecular flexibility index (Phi) is 3.87. The average Bonchev–Trinajstić information content (AvgIpc) is 2.96. The number of nitro groups is 1. The van der Waals surface area contributed by atoms with Gasteiger partial charge in [0, 0.05) is 11.6 Å². The molecule has 0 saturated carbocycles. The van der Waals surface area contributed by atoms with E-state index in [2.05, 4.69) is 22.6 Å². The van der Waals surface area contributed by atoms with E-state index in [4.69, 9.17) is 0 Å². The lowest BCUT2D eigenvalue weighted by atomic mass is 10.1. The second-order valence-corrected chi connectivity index (χ2v) is 5.49. The quantitative estimate of drug-likeness (QED) is 0.332. The summed E-state index contributed by atoms with van der Waals surface area (Å²) in [6.45, 7) is 1.95. The fourth-order valence-electron chi connectivity index (χ4n) is 2.40. The maximum absolute atomic E-state index is 11.8. The molecule has 116 valence electrons. The van der Waals surface area contributed by atoms with E-state index in [0.29, 0.717) is 16.9 Å². The number of imidazole rings is 1. The Morgan fingerprint density at radius 1 is 1.30 bits per heavy atom. The number of nitrogens with zero attached hydrogens (tertiary/aromatic N) is 2. The number of aromatic amines is 1. The van der Waals surface area contributed by atoms with Crippen molar-refractivity contribution in [3.63, 3.8) is 0 Å². The molecule has 6 nitrogen and oxygen atoms in total. The van der Waals surface area contributed by atoms with Crippen molar-refractivity contribution in [3.05, 3.63) is 57.6 Å². The van der Waals surface area contributed by atoms with Crippen LogP contribution in [0.1, 0.15) is 15.9 Å². The first kappa shape index (κ1) is 15.2. The Morgan fingerprint density at radius 3 is 2.78 bits per heavy atom. The van der Waals surface area contributed by atoms with Gasteiger partial charge in [-0.3, -0.25) is 14.9 Å². The highest BCUT2D eigenvalue weighted by Gasteiger charge is 2.20. The van der Waals surface area contributed by atoms with Gasteiger partial charge in [0.1, 0.15) is 5.82 Å². The van der Waals surface area contributed by atoms with Gasteiger partial charge in [0.25, 0.3) is 5.69 Å². The van der Waals surface area contributed by atoms with Crippen LogP contribution >= 0.6 is 12.6 Å². The molecule has 0 saturated heterocycles. The van der Waals surface area contributed by atoms with E-state index in [0.717, 1.165) is 11.1 Å². The van der Waals surface area contributed by atoms with Crippen molar-refractivity contribution >= 4 is 35.1 Å². The minimum atomic E-state index is -0.483. The predicted octanol–water partition coefficient (Wildman–Crippen LogP) is 3.56. The summed E-state index contributed by atoms with van der Waals surface area (Å²) >= 11 is 3.96. The smallest absolute Gasteiger partial charge is 0.280 e. The van der Waals surface area contributed by atoms with E-state index in [9.17, 15) is 14.9 Å². The summed E-state index contributed by atoms with van der Waals surface area (Å²) < 4.78 is 0. The van der Waals surface area contributed by atoms with Gasteiger partial charge < -0.3 is 4.98 Å². The molecule has 0 radical (unpaired) electrons. The minimum absolute atomic E-state index is 0.0383. The zero-order valence-electron chi connectivity index (χ0n) is 12.2. The van der Waals surface area contributed by atoms with Crippen LogP contribution in [0.2, 0.25) is 0 Å². The number of thiol groups is 1. The van der Waals surface area contributed by atoms with Crippen LogP contribution in [0.4, 0.5) is 5.69 Å². The summed E-state index contributed by atoms with van der Waals surface area (Å²) in [5, 5.41) is 11.3. The van der Waals surface area contributed by atoms with Crippen LogP contribution in [0.25, 0.3) is 22.4 Å². The van der Waals surface area contributed by atoms with Crippen LogP contribution in [0.15, 0.2) is 36.4 Å². The number of hydrogen-bond acceptors (Lipinski definition) is 5. The molecule has 3 rings (SSSR count). The van der Waals surface area contributed by atoms with Gasteiger partial charge in [-0.1, -0.05) is 6.07 Å². The third-order valence-electron chi connectivity index (χ3n) is 3.55. The molecule has 0 atom stereocenters. The Labute approximate surface area is 137 Å². The first-order valence-electron chi connectivity index (χ1n) is 6.89. The van der Waals surface area contributed by atoms with Crippen LogP contribution in [0.5, 0.6) is 0 Å². The van der Waals surface area contributed by atoms with Gasteiger partial charge in [0.2, 0.25) is 0 Å². The second-order valence-electron chi connectivity index (χ2n) is 5.18. The van der Waals surface area contributed by atoms with Gasteiger partial charge in [-0.15, -0.1) is 0 Å². The largest absolute Gasteiger partial charge is 0.338 e. The van der Waals surface area contributed by atoms with Crippen molar-refractivity contribution in [3.8, 4) is 11.4 Å². The number of Topliss-reactive ketones (excluding diaryl/α,β-unsaturated/α-hetero) is 1. The summed E-state index contributed by atoms with van der Waals surface area (Å²) in [4.78, 5) is 30.1. The molecular weight excluding hydrogens is 314 g/mol. The molecule has 1 N–H and O–H groups in total. The van der Waals surface area contributed by atoms with Crippen LogP contribution in [-0.4, -0.2) is 26.4 Å². The lowest BCUT2D eigenvalue weighted by Gasteiger charge is -2.03. The zero-order chi connectivity index (χ0) is 16.6. The molecule has 3 aromatic rings. The molecule has 0 aliphatic rings. The molecular formula is C16H13N3O3S. The van der Waals surface area contributed by atoms with Crippen molar-refractivity contribution in [2.75, 3.05) is 5.75 Å². The number of carbonyl (C=O) groups excluding carboxylic acids is 1. The maximum Gasteiger partial charge on any atom is 0.280 e. The van der Waals surface area contributed by atoms with Crippen molar-refractivity contribution < 1.29 is 9.72 Å². The highest BCUT2D eigenvalue weighted by Crippen LogP contribution is 2.30. The number of fused-ring (bicyclic) bond motifs is 1. The number of nitro benzene ring substituents is 1. The van der Waals surface area contributed by atoms with Crippen LogP contribution in [0.3, 0.4) is 0 Å². The van der Waals surface area contributed by atoms with Crippen LogP contribution < -0.4 is 0 Å². The molecule has 0 fully saturated rings. The van der Waals surface area contributed by atoms with Crippen LogP contribution in [0, 0.1) is 17.0 Å². The third kappa shape index (κ3) is 2.83. The molecule has 2 aromatic carbocycles. The molecule has 7 heteroatoms. The maximum atomic E-state index is 11.8. The number of aromatic nitrogens is 2. The standard InChI is InChI=1S/C16H13N3O3S/c1-9-2-4-12-13(6-9)18-16(17-12)11-7-10(15(20)8-23)3-5-14(11)19(21)22/h2-7,23H,8H2,1H3,(H,17,18). The first-order valence-corrected chi connectivity index (χ1v) is 7.52. The van der Waals surface area contributed by atoms with Crippen molar-refractivity contribution in [1.82, 2.24) is 9.97 Å². The number of nitrogens with one attached hydrogen (secondary N) is 1. The van der Waals surface area contributed by atoms with Crippen molar-refractivity contribution in [2.24, 2.45) is 0 Å². The zero-order valence-corrected chi connectivity index (χ0v) is 13.1. The fourth-order valence-corrected chi connectivity index (χ4v) is 2.58. The number of ketones is 1. The van der Waals surface area contributed by atoms with E-state index in [1.807, 2.05) is 25.1 Å². The topological polar surface area (TPSA) is 88.9 Å². The molecule has 0 unspecified atom stereocenters. The van der Waals surface area contributed by atoms with Gasteiger partial charge in [-0.2, -0.15) is 12.6 Å². The van der Waals surface area contributed by atoms with E-state index < -0.39 is 4.92 Å². The number of hydrogen-bond donors (Lipinski definition) is 2. The SMILES string of the molecule is Cc1ccc2nc(-c3cc(C(=O)CS)ccc3[N+](=O)[O-])[nH]c2c1. The summed E-state index contributed by atoms with van der Waals surface area (Å²) in [7, 11) is 0. The number of aryl methyl sites for hydroxylation is 1. The Bertz CT molecular complexity index is 933. The highest BCUT2D eigenvalue weighted by molar-refractivity contribution is 7.81. The Balaban J connectivity index is 2.21. The number of H-pyrrole nitrogens is 1. The molecule has 0 spiro atoms. The van der Waals surface area contributed by atoms with E-state index >= 15 is 0 Å². The lowest BCUT2D eigenvalue weighted by Crippen LogP contribution is -2.02. The number of rotatable bonds is 4. The molecule has 1 heterocycles. The van der Waals surface area contributed by atoms with E-state index in [-0.39, 0.29) is 22.8 Å². The van der Waals surface area contributed by atoms with Crippen molar-refractivity contribution in [1.29, 1.82) is 0 Å². The van der Waals surface area contributed by atoms with Gasteiger partial charge in [0.05, 0.1) is 27.3 Å². The fraction of sp³-hybridized carbons (Fsp3) is 0.125. The normalized spacial score (nSPS) is 10.9. The van der Waals surface area contributed by atoms with Crippen molar-refractivity contribution in [2.45, 2.75) is 6.92 Å². The highest BCUT2D eigenvalue weighted by atomic mass is 32.1. The molecule has 0 bridgehead atoms. The second kappa shape index (κ2) is 5.85. The molecule has 0 aliphatic carbocycles. The summed E-state index contributed by atoms with van der Waals surface area (Å²) in [6, 6.07) is 9.93. The minimum Gasteiger partial charge on any atom is -0.338 e.